The highest BCUT2D eigenvalue weighted by Gasteiger charge is 2.24. The first kappa shape index (κ1) is 23.3. The number of carbonyl (C=O) groups excluding carboxylic acids is 2. The highest BCUT2D eigenvalue weighted by molar-refractivity contribution is 5.99. The van der Waals surface area contributed by atoms with Crippen LogP contribution in [-0.4, -0.2) is 46.4 Å². The summed E-state index contributed by atoms with van der Waals surface area (Å²) in [4.78, 5) is 27.4. The van der Waals surface area contributed by atoms with E-state index in [0.29, 0.717) is 35.1 Å². The Hall–Kier alpha value is -3.88. The van der Waals surface area contributed by atoms with Gasteiger partial charge in [0.1, 0.15) is 18.2 Å². The topological polar surface area (TPSA) is 85.7 Å². The molecule has 1 aromatic heterocycles. The van der Waals surface area contributed by atoms with E-state index in [1.165, 1.54) is 17.0 Å². The molecular weight excluding hydrogens is 439 g/mol. The lowest BCUT2D eigenvalue weighted by Crippen LogP contribution is -2.38. The van der Waals surface area contributed by atoms with Crippen molar-refractivity contribution < 1.29 is 23.5 Å². The Labute approximate surface area is 197 Å². The molecule has 0 bridgehead atoms. The first-order chi connectivity index (χ1) is 16.2. The summed E-state index contributed by atoms with van der Waals surface area (Å²) in [6.45, 7) is 8.15. The lowest BCUT2D eigenvalue weighted by Gasteiger charge is -2.20. The molecule has 0 radical (unpaired) electrons. The predicted molar refractivity (Wildman–Crippen MR) is 125 cm³/mol. The minimum Gasteiger partial charge on any atom is -0.454 e. The molecule has 9 heteroatoms. The zero-order valence-electron chi connectivity index (χ0n) is 19.6. The molecule has 0 fully saturated rings. The lowest BCUT2D eigenvalue weighted by atomic mass is 9.92. The predicted octanol–water partition coefficient (Wildman–Crippen LogP) is 4.14. The number of fused-ring (bicyclic) bond motifs is 1. The molecule has 2 amide bonds. The standard InChI is InChI=1S/C25H27FN4O4/c1-5-29(24(32)16-6-11-19-20(12-16)34-15-33-19)14-23(31)27-22-13-21(25(2,3)4)28-30(22)18-9-7-17(26)8-10-18/h6-13H,5,14-15H2,1-4H3,(H,27,31). The summed E-state index contributed by atoms with van der Waals surface area (Å²) in [5.74, 6) is 0.495. The van der Waals surface area contributed by atoms with Gasteiger partial charge >= 0.3 is 0 Å². The normalized spacial score (nSPS) is 12.5. The summed E-state index contributed by atoms with van der Waals surface area (Å²) in [6.07, 6.45) is 0. The van der Waals surface area contributed by atoms with Crippen LogP contribution in [-0.2, 0) is 10.2 Å². The van der Waals surface area contributed by atoms with Crippen molar-refractivity contribution in [1.29, 1.82) is 0 Å². The average Bonchev–Trinajstić information content (AvgIpc) is 3.44. The number of likely N-dealkylation sites (N-methyl/N-ethyl adjacent to an activating group) is 1. The molecule has 0 unspecified atom stereocenters. The third kappa shape index (κ3) is 4.88. The summed E-state index contributed by atoms with van der Waals surface area (Å²) in [6, 6.07) is 12.6. The number of halogens is 1. The number of aromatic nitrogens is 2. The Balaban J connectivity index is 1.53. The zero-order chi connectivity index (χ0) is 24.5. The second-order valence-electron chi connectivity index (χ2n) is 8.99. The minimum absolute atomic E-state index is 0.116. The number of carbonyl (C=O) groups is 2. The van der Waals surface area contributed by atoms with E-state index in [0.717, 1.165) is 5.69 Å². The van der Waals surface area contributed by atoms with E-state index in [1.54, 1.807) is 48.0 Å². The van der Waals surface area contributed by atoms with Crippen LogP contribution in [0.2, 0.25) is 0 Å². The molecule has 1 aliphatic heterocycles. The molecule has 1 N–H and O–H groups in total. The molecule has 2 aromatic carbocycles. The Morgan fingerprint density at radius 3 is 2.47 bits per heavy atom. The number of nitrogens with one attached hydrogen (secondary N) is 1. The van der Waals surface area contributed by atoms with Crippen molar-refractivity contribution in [2.24, 2.45) is 0 Å². The molecule has 34 heavy (non-hydrogen) atoms. The number of hydrogen-bond acceptors (Lipinski definition) is 5. The molecule has 8 nitrogen and oxygen atoms in total. The van der Waals surface area contributed by atoms with Crippen LogP contribution in [0.4, 0.5) is 10.2 Å². The molecule has 0 saturated carbocycles. The summed E-state index contributed by atoms with van der Waals surface area (Å²) >= 11 is 0. The highest BCUT2D eigenvalue weighted by Crippen LogP contribution is 2.33. The first-order valence-electron chi connectivity index (χ1n) is 11.0. The quantitative estimate of drug-likeness (QED) is 0.590. The van der Waals surface area contributed by atoms with Crippen molar-refractivity contribution in [1.82, 2.24) is 14.7 Å². The van der Waals surface area contributed by atoms with Gasteiger partial charge in [0.25, 0.3) is 5.91 Å². The average molecular weight is 467 g/mol. The van der Waals surface area contributed by atoms with Gasteiger partial charge in [0, 0.05) is 23.6 Å². The van der Waals surface area contributed by atoms with Gasteiger partial charge in [-0.05, 0) is 49.4 Å². The van der Waals surface area contributed by atoms with Crippen LogP contribution in [0.3, 0.4) is 0 Å². The minimum atomic E-state index is -0.375. The van der Waals surface area contributed by atoms with Crippen LogP contribution < -0.4 is 14.8 Å². The van der Waals surface area contributed by atoms with Crippen LogP contribution in [0.1, 0.15) is 43.7 Å². The van der Waals surface area contributed by atoms with Gasteiger partial charge < -0.3 is 19.7 Å². The van der Waals surface area contributed by atoms with E-state index < -0.39 is 0 Å². The van der Waals surface area contributed by atoms with E-state index in [4.69, 9.17) is 9.47 Å². The smallest absolute Gasteiger partial charge is 0.254 e. The zero-order valence-corrected chi connectivity index (χ0v) is 19.6. The molecule has 1 aliphatic rings. The molecule has 0 atom stereocenters. The number of amides is 2. The van der Waals surface area contributed by atoms with Crippen LogP contribution in [0.25, 0.3) is 5.69 Å². The van der Waals surface area contributed by atoms with Gasteiger partial charge in [-0.3, -0.25) is 9.59 Å². The largest absolute Gasteiger partial charge is 0.454 e. The maximum Gasteiger partial charge on any atom is 0.254 e. The van der Waals surface area contributed by atoms with Gasteiger partial charge in [0.05, 0.1) is 11.4 Å². The third-order valence-electron chi connectivity index (χ3n) is 5.44. The highest BCUT2D eigenvalue weighted by atomic mass is 19.1. The van der Waals surface area contributed by atoms with Crippen molar-refractivity contribution in [3.63, 3.8) is 0 Å². The van der Waals surface area contributed by atoms with Gasteiger partial charge in [0.2, 0.25) is 12.7 Å². The van der Waals surface area contributed by atoms with Crippen LogP contribution in [0.5, 0.6) is 11.5 Å². The van der Waals surface area contributed by atoms with Crippen molar-refractivity contribution in [3.8, 4) is 17.2 Å². The van der Waals surface area contributed by atoms with Crippen molar-refractivity contribution in [3.05, 3.63) is 65.6 Å². The van der Waals surface area contributed by atoms with E-state index in [9.17, 15) is 14.0 Å². The SMILES string of the molecule is CCN(CC(=O)Nc1cc(C(C)(C)C)nn1-c1ccc(F)cc1)C(=O)c1ccc2c(c1)OCO2. The molecule has 0 aliphatic carbocycles. The van der Waals surface area contributed by atoms with Gasteiger partial charge in [-0.2, -0.15) is 5.10 Å². The summed E-state index contributed by atoms with van der Waals surface area (Å²) in [5.41, 5.74) is 1.51. The summed E-state index contributed by atoms with van der Waals surface area (Å²) in [7, 11) is 0. The van der Waals surface area contributed by atoms with Crippen molar-refractivity contribution >= 4 is 17.6 Å². The van der Waals surface area contributed by atoms with E-state index in [2.05, 4.69) is 10.4 Å². The van der Waals surface area contributed by atoms with Crippen molar-refractivity contribution in [2.45, 2.75) is 33.1 Å². The number of ether oxygens (including phenoxy) is 2. The Kier molecular flexibility index (Phi) is 6.28. The second-order valence-corrected chi connectivity index (χ2v) is 8.99. The molecule has 2 heterocycles. The van der Waals surface area contributed by atoms with Gasteiger partial charge in [-0.1, -0.05) is 20.8 Å². The molecule has 0 spiro atoms. The maximum atomic E-state index is 13.4. The lowest BCUT2D eigenvalue weighted by molar-refractivity contribution is -0.116. The van der Waals surface area contributed by atoms with E-state index in [-0.39, 0.29) is 36.4 Å². The fraction of sp³-hybridized carbons (Fsp3) is 0.320. The molecule has 0 saturated heterocycles. The number of hydrogen-bond donors (Lipinski definition) is 1. The van der Waals surface area contributed by atoms with Crippen LogP contribution in [0, 0.1) is 5.82 Å². The third-order valence-corrected chi connectivity index (χ3v) is 5.44. The van der Waals surface area contributed by atoms with Gasteiger partial charge in [0.15, 0.2) is 11.5 Å². The van der Waals surface area contributed by atoms with Crippen LogP contribution >= 0.6 is 0 Å². The van der Waals surface area contributed by atoms with Gasteiger partial charge in [-0.15, -0.1) is 0 Å². The Morgan fingerprint density at radius 2 is 1.79 bits per heavy atom. The fourth-order valence-electron chi connectivity index (χ4n) is 3.51. The molecule has 178 valence electrons. The molecule has 3 aromatic rings. The number of benzene rings is 2. The number of nitrogens with zero attached hydrogens (tertiary/aromatic N) is 3. The fourth-order valence-corrected chi connectivity index (χ4v) is 3.51. The monoisotopic (exact) mass is 466 g/mol. The Morgan fingerprint density at radius 1 is 1.09 bits per heavy atom. The first-order valence-corrected chi connectivity index (χ1v) is 11.0. The second kappa shape index (κ2) is 9.17. The number of anilines is 1. The van der Waals surface area contributed by atoms with E-state index >= 15 is 0 Å². The molecular formula is C25H27FN4O4. The van der Waals surface area contributed by atoms with Gasteiger partial charge in [-0.25, -0.2) is 9.07 Å². The summed E-state index contributed by atoms with van der Waals surface area (Å²) in [5, 5.41) is 7.48. The Bertz CT molecular complexity index is 1210. The molecule has 4 rings (SSSR count). The summed E-state index contributed by atoms with van der Waals surface area (Å²) < 4.78 is 25.6. The van der Waals surface area contributed by atoms with E-state index in [1.807, 2.05) is 20.8 Å². The van der Waals surface area contributed by atoms with Crippen molar-refractivity contribution in [2.75, 3.05) is 25.2 Å². The van der Waals surface area contributed by atoms with Crippen LogP contribution in [0.15, 0.2) is 48.5 Å². The maximum absolute atomic E-state index is 13.4. The number of rotatable bonds is 6.